The van der Waals surface area contributed by atoms with Crippen LogP contribution in [-0.2, 0) is 16.3 Å². The van der Waals surface area contributed by atoms with Gasteiger partial charge in [-0.05, 0) is 0 Å². The Labute approximate surface area is 57.5 Å². The third-order valence-corrected chi connectivity index (χ3v) is 4.90. The number of hydrogen-bond donors (Lipinski definition) is 0. The van der Waals surface area contributed by atoms with E-state index in [-0.39, 0.29) is 0 Å². The second-order valence-corrected chi connectivity index (χ2v) is 4.90. The van der Waals surface area contributed by atoms with E-state index in [4.69, 9.17) is 0 Å². The monoisotopic (exact) mass is 148 g/mol. The van der Waals surface area contributed by atoms with Crippen LogP contribution in [0.1, 0.15) is 0 Å². The van der Waals surface area contributed by atoms with Crippen LogP contribution in [0.4, 0.5) is 0 Å². The van der Waals surface area contributed by atoms with Gasteiger partial charge < -0.3 is 0 Å². The van der Waals surface area contributed by atoms with Gasteiger partial charge in [0.15, 0.2) is 0 Å². The molecule has 1 nitrogen and oxygen atoms in total. The first-order chi connectivity index (χ1) is 3.81. The van der Waals surface area contributed by atoms with Crippen molar-refractivity contribution in [2.75, 3.05) is 20.1 Å². The van der Waals surface area contributed by atoms with Crippen molar-refractivity contribution < 1.29 is 16.3 Å². The van der Waals surface area contributed by atoms with Crippen molar-refractivity contribution in [3.8, 4) is 0 Å². The molecule has 2 heteroatoms. The second-order valence-electron chi connectivity index (χ2n) is 3.21. The molecule has 0 aromatic carbocycles. The summed E-state index contributed by atoms with van der Waals surface area (Å²) < 4.78 is 0. The summed E-state index contributed by atoms with van der Waals surface area (Å²) in [7, 11) is 2.22. The average Bonchev–Trinajstić information content (AvgIpc) is 1.51. The number of rotatable bonds is 0. The molecule has 2 rings (SSSR count). The average molecular weight is 148 g/mol. The summed E-state index contributed by atoms with van der Waals surface area (Å²) in [5.74, 6) is 0. The topological polar surface area (TPSA) is 3.24 Å². The third kappa shape index (κ3) is 0.585. The van der Waals surface area contributed by atoms with Crippen LogP contribution >= 0.6 is 0 Å². The van der Waals surface area contributed by atoms with E-state index in [1.165, 1.54) is 13.1 Å². The molecule has 2 heterocycles. The Bertz CT molecular complexity index is 101. The van der Waals surface area contributed by atoms with Gasteiger partial charge >= 0.3 is 57.0 Å². The quantitative estimate of drug-likeness (QED) is 0.492. The summed E-state index contributed by atoms with van der Waals surface area (Å²) in [4.78, 5) is 2.43. The standard InChI is InChI=1S/C6H11N.V/c1-6(2)4-7(3)5-6;/h1-2,4-5H2,3H3;. The molecule has 0 saturated carbocycles. The third-order valence-electron chi connectivity index (χ3n) is 2.11. The molecule has 2 fully saturated rings. The molecular formula is C6H11NV. The van der Waals surface area contributed by atoms with E-state index < -0.39 is 0 Å². The van der Waals surface area contributed by atoms with Gasteiger partial charge in [0.25, 0.3) is 0 Å². The molecule has 0 bridgehead atoms. The molecule has 2 saturated heterocycles. The Hall–Kier alpha value is 0.544. The van der Waals surface area contributed by atoms with Crippen LogP contribution < -0.4 is 0 Å². The van der Waals surface area contributed by atoms with Crippen LogP contribution in [0.3, 0.4) is 0 Å². The van der Waals surface area contributed by atoms with Crippen molar-refractivity contribution in [2.24, 2.45) is 5.41 Å². The van der Waals surface area contributed by atoms with E-state index in [2.05, 4.69) is 11.9 Å². The Morgan fingerprint density at radius 1 is 1.38 bits per heavy atom. The van der Waals surface area contributed by atoms with Gasteiger partial charge in [-0.2, -0.15) is 0 Å². The number of nitrogens with zero attached hydrogens (tertiary/aromatic N) is 1. The van der Waals surface area contributed by atoms with E-state index >= 15 is 0 Å². The first kappa shape index (κ1) is 5.34. The molecule has 0 aromatic rings. The molecule has 45 valence electrons. The molecule has 2 aliphatic rings. The van der Waals surface area contributed by atoms with Gasteiger partial charge in [0.2, 0.25) is 0 Å². The van der Waals surface area contributed by atoms with Crippen molar-refractivity contribution in [3.63, 3.8) is 0 Å². The van der Waals surface area contributed by atoms with Crippen LogP contribution in [0.5, 0.6) is 0 Å². The predicted octanol–water partition coefficient (Wildman–Crippen LogP) is 0.851. The van der Waals surface area contributed by atoms with Gasteiger partial charge in [0.1, 0.15) is 0 Å². The van der Waals surface area contributed by atoms with Gasteiger partial charge in [0.05, 0.1) is 0 Å². The summed E-state index contributed by atoms with van der Waals surface area (Å²) in [6.45, 7) is 2.81. The Morgan fingerprint density at radius 3 is 2.12 bits per heavy atom. The van der Waals surface area contributed by atoms with Crippen LogP contribution in [0.15, 0.2) is 0 Å². The molecule has 0 aromatic heterocycles. The summed E-state index contributed by atoms with van der Waals surface area (Å²) in [6, 6.07) is 0. The molecule has 0 aliphatic carbocycles. The summed E-state index contributed by atoms with van der Waals surface area (Å²) in [5, 5.41) is 3.21. The molecule has 0 amide bonds. The van der Waals surface area contributed by atoms with E-state index in [0.29, 0.717) is 0 Å². The van der Waals surface area contributed by atoms with Crippen molar-refractivity contribution in [3.05, 3.63) is 0 Å². The predicted molar refractivity (Wildman–Crippen MR) is 29.5 cm³/mol. The number of hydrogen-bond acceptors (Lipinski definition) is 1. The fraction of sp³-hybridized carbons (Fsp3) is 1.00. The number of likely N-dealkylation sites (tertiary alicyclic amines) is 1. The van der Waals surface area contributed by atoms with E-state index in [1.54, 1.807) is 10.3 Å². The second kappa shape index (κ2) is 1.53. The molecular weight excluding hydrogens is 137 g/mol. The summed E-state index contributed by atoms with van der Waals surface area (Å²) in [6.07, 6.45) is 0. The van der Waals surface area contributed by atoms with Crippen molar-refractivity contribution >= 4 is 0 Å². The first-order valence-corrected chi connectivity index (χ1v) is 5.10. The first-order valence-electron chi connectivity index (χ1n) is 3.13. The van der Waals surface area contributed by atoms with Crippen LogP contribution in [0, 0.1) is 5.41 Å². The molecule has 0 N–H and O–H groups in total. The zero-order valence-electron chi connectivity index (χ0n) is 5.22. The molecule has 0 radical (unpaired) electrons. The zero-order chi connectivity index (χ0) is 5.61. The Morgan fingerprint density at radius 2 is 2.00 bits per heavy atom. The molecule has 0 unspecified atom stereocenters. The van der Waals surface area contributed by atoms with Crippen LogP contribution in [-0.4, -0.2) is 25.0 Å². The van der Waals surface area contributed by atoms with Crippen molar-refractivity contribution in [1.29, 1.82) is 0 Å². The summed E-state index contributed by atoms with van der Waals surface area (Å²) in [5.41, 5.74) is 0.884. The fourth-order valence-corrected chi connectivity index (χ4v) is 3.69. The van der Waals surface area contributed by atoms with E-state index in [9.17, 15) is 0 Å². The molecule has 8 heavy (non-hydrogen) atoms. The van der Waals surface area contributed by atoms with Crippen LogP contribution in [0.25, 0.3) is 0 Å². The summed E-state index contributed by atoms with van der Waals surface area (Å²) >= 11 is 0.817. The van der Waals surface area contributed by atoms with Gasteiger partial charge in [-0.15, -0.1) is 0 Å². The van der Waals surface area contributed by atoms with Gasteiger partial charge in [0, 0.05) is 0 Å². The SMILES string of the molecule is CN1CC2([CH2][V][CH2]2)C1. The van der Waals surface area contributed by atoms with E-state index in [0.717, 1.165) is 21.7 Å². The van der Waals surface area contributed by atoms with Crippen molar-refractivity contribution in [1.82, 2.24) is 4.90 Å². The molecule has 1 spiro atoms. The van der Waals surface area contributed by atoms with Gasteiger partial charge in [-0.3, -0.25) is 0 Å². The van der Waals surface area contributed by atoms with Crippen molar-refractivity contribution in [2.45, 2.75) is 10.3 Å². The van der Waals surface area contributed by atoms with Crippen LogP contribution in [0.2, 0.25) is 10.3 Å². The zero-order valence-corrected chi connectivity index (χ0v) is 6.62. The maximum absolute atomic E-state index is 2.43. The van der Waals surface area contributed by atoms with Gasteiger partial charge in [-0.1, -0.05) is 0 Å². The normalized spacial score (nSPS) is 33.1. The minimum atomic E-state index is 0.817. The maximum atomic E-state index is 2.43. The molecule has 2 aliphatic heterocycles. The minimum absolute atomic E-state index is 0.817. The fourth-order valence-electron chi connectivity index (χ4n) is 1.73. The Kier molecular flexibility index (Phi) is 1.02. The molecule has 0 atom stereocenters. The Balaban J connectivity index is 1.92. The van der Waals surface area contributed by atoms with E-state index in [1.807, 2.05) is 0 Å². The van der Waals surface area contributed by atoms with Gasteiger partial charge in [-0.25, -0.2) is 0 Å².